The van der Waals surface area contributed by atoms with E-state index in [4.69, 9.17) is 5.53 Å². The van der Waals surface area contributed by atoms with Gasteiger partial charge in [0.25, 0.3) is 0 Å². The van der Waals surface area contributed by atoms with Crippen molar-refractivity contribution in [1.82, 2.24) is 10.2 Å². The molecule has 1 heterocycles. The molecule has 0 saturated carbocycles. The van der Waals surface area contributed by atoms with E-state index >= 15 is 0 Å². The highest BCUT2D eigenvalue weighted by Gasteiger charge is 2.41. The molecular weight excluding hydrogens is 314 g/mol. The summed E-state index contributed by atoms with van der Waals surface area (Å²) in [5, 5.41) is 35.9. The van der Waals surface area contributed by atoms with Gasteiger partial charge in [0.2, 0.25) is 5.91 Å². The molecule has 138 valence electrons. The molecule has 0 aromatic carbocycles. The van der Waals surface area contributed by atoms with E-state index in [1.165, 1.54) is 6.92 Å². The van der Waals surface area contributed by atoms with Gasteiger partial charge in [0, 0.05) is 24.9 Å². The summed E-state index contributed by atoms with van der Waals surface area (Å²) in [4.78, 5) is 15.9. The van der Waals surface area contributed by atoms with Crippen LogP contribution in [0, 0.1) is 0 Å². The first-order chi connectivity index (χ1) is 11.5. The Morgan fingerprint density at radius 3 is 2.54 bits per heavy atom. The number of nitrogens with zero attached hydrogens (tertiary/aromatic N) is 4. The average Bonchev–Trinajstić information content (AvgIpc) is 2.54. The molecule has 0 aliphatic carbocycles. The fourth-order valence-corrected chi connectivity index (χ4v) is 3.12. The lowest BCUT2D eigenvalue weighted by atomic mass is 9.92. The molecule has 1 fully saturated rings. The Balaban J connectivity index is 2.39. The first-order valence-electron chi connectivity index (χ1n) is 8.50. The summed E-state index contributed by atoms with van der Waals surface area (Å²) in [7, 11) is 0. The maximum atomic E-state index is 11.2. The number of aliphatic hydroxyl groups excluding tert-OH is 3. The van der Waals surface area contributed by atoms with Crippen molar-refractivity contribution in [2.45, 2.75) is 63.3 Å². The molecule has 9 heteroatoms. The van der Waals surface area contributed by atoms with Crippen LogP contribution in [0.4, 0.5) is 0 Å². The van der Waals surface area contributed by atoms with Gasteiger partial charge in [0.15, 0.2) is 0 Å². The molecule has 1 rings (SSSR count). The zero-order valence-electron chi connectivity index (χ0n) is 14.2. The molecule has 0 radical (unpaired) electrons. The van der Waals surface area contributed by atoms with E-state index in [1.54, 1.807) is 0 Å². The van der Waals surface area contributed by atoms with E-state index in [1.807, 2.05) is 4.90 Å². The molecule has 0 spiro atoms. The summed E-state index contributed by atoms with van der Waals surface area (Å²) in [5.41, 5.74) is 8.18. The molecule has 0 bridgehead atoms. The largest absolute Gasteiger partial charge is 0.395 e. The molecule has 4 unspecified atom stereocenters. The number of unbranched alkanes of at least 4 members (excludes halogenated alkanes) is 4. The van der Waals surface area contributed by atoms with E-state index in [-0.39, 0.29) is 12.5 Å². The van der Waals surface area contributed by atoms with Gasteiger partial charge in [-0.1, -0.05) is 24.4 Å². The Morgan fingerprint density at radius 2 is 1.92 bits per heavy atom. The summed E-state index contributed by atoms with van der Waals surface area (Å²) >= 11 is 0. The number of likely N-dealkylation sites (tertiary alicyclic amines) is 1. The lowest BCUT2D eigenvalue weighted by Crippen LogP contribution is -2.66. The second kappa shape index (κ2) is 11.2. The Kier molecular flexibility index (Phi) is 9.66. The summed E-state index contributed by atoms with van der Waals surface area (Å²) in [5.74, 6) is -0.256. The van der Waals surface area contributed by atoms with E-state index < -0.39 is 24.3 Å². The first-order valence-corrected chi connectivity index (χ1v) is 8.50. The number of rotatable bonds is 10. The Morgan fingerprint density at radius 1 is 1.25 bits per heavy atom. The SMILES string of the molecule is CC(=O)NC1CN(CCCCCCCN=[N+]=[N-])C(CO)C(O)C1O. The van der Waals surface area contributed by atoms with Gasteiger partial charge < -0.3 is 20.6 Å². The Bertz CT molecular complexity index is 430. The zero-order valence-corrected chi connectivity index (χ0v) is 14.2. The fourth-order valence-electron chi connectivity index (χ4n) is 3.12. The average molecular weight is 343 g/mol. The van der Waals surface area contributed by atoms with Gasteiger partial charge in [-0.2, -0.15) is 0 Å². The van der Waals surface area contributed by atoms with E-state index in [9.17, 15) is 20.1 Å². The monoisotopic (exact) mass is 343 g/mol. The van der Waals surface area contributed by atoms with E-state index in [0.717, 1.165) is 32.1 Å². The molecule has 24 heavy (non-hydrogen) atoms. The van der Waals surface area contributed by atoms with Gasteiger partial charge in [-0.15, -0.1) is 0 Å². The molecular formula is C15H29N5O4. The van der Waals surface area contributed by atoms with Crippen molar-refractivity contribution in [3.63, 3.8) is 0 Å². The van der Waals surface area contributed by atoms with Gasteiger partial charge in [-0.25, -0.2) is 0 Å². The van der Waals surface area contributed by atoms with Crippen LogP contribution in [0.3, 0.4) is 0 Å². The standard InChI is InChI=1S/C15H29N5O4/c1-11(22)18-12-9-20(13(10-21)15(24)14(12)23)8-6-4-2-3-5-7-17-19-16/h12-15,21,23-24H,2-10H2,1H3,(H,18,22). The third kappa shape index (κ3) is 6.62. The van der Waals surface area contributed by atoms with Gasteiger partial charge in [0.05, 0.1) is 24.8 Å². The molecule has 0 aromatic heterocycles. The van der Waals surface area contributed by atoms with E-state index in [0.29, 0.717) is 19.6 Å². The van der Waals surface area contributed by atoms with Crippen molar-refractivity contribution in [3.05, 3.63) is 10.4 Å². The maximum absolute atomic E-state index is 11.2. The Hall–Kier alpha value is -1.38. The summed E-state index contributed by atoms with van der Waals surface area (Å²) in [6.07, 6.45) is 2.62. The minimum Gasteiger partial charge on any atom is -0.395 e. The highest BCUT2D eigenvalue weighted by atomic mass is 16.3. The van der Waals surface area contributed by atoms with Crippen LogP contribution in [0.1, 0.15) is 39.0 Å². The van der Waals surface area contributed by atoms with Crippen molar-refractivity contribution in [2.75, 3.05) is 26.2 Å². The third-order valence-electron chi connectivity index (χ3n) is 4.40. The van der Waals surface area contributed by atoms with Crippen molar-refractivity contribution < 1.29 is 20.1 Å². The van der Waals surface area contributed by atoms with Crippen LogP contribution in [0.15, 0.2) is 5.11 Å². The molecule has 4 atom stereocenters. The number of piperidine rings is 1. The summed E-state index contributed by atoms with van der Waals surface area (Å²) in [6, 6.07) is -1.06. The molecule has 1 saturated heterocycles. The second-order valence-corrected chi connectivity index (χ2v) is 6.26. The number of amides is 1. The lowest BCUT2D eigenvalue weighted by molar-refractivity contribution is -0.128. The number of carbonyl (C=O) groups is 1. The number of carbonyl (C=O) groups excluding carboxylic acids is 1. The van der Waals surface area contributed by atoms with Crippen LogP contribution in [0.25, 0.3) is 10.4 Å². The molecule has 0 aromatic rings. The summed E-state index contributed by atoms with van der Waals surface area (Å²) in [6.45, 7) is 2.74. The maximum Gasteiger partial charge on any atom is 0.217 e. The number of hydrogen-bond donors (Lipinski definition) is 4. The number of azide groups is 1. The quantitative estimate of drug-likeness (QED) is 0.193. The highest BCUT2D eigenvalue weighted by Crippen LogP contribution is 2.20. The van der Waals surface area contributed by atoms with E-state index in [2.05, 4.69) is 15.3 Å². The molecule has 9 nitrogen and oxygen atoms in total. The highest BCUT2D eigenvalue weighted by molar-refractivity contribution is 5.73. The minimum absolute atomic E-state index is 0.239. The first kappa shape index (κ1) is 20.7. The minimum atomic E-state index is -1.09. The number of nitrogens with one attached hydrogen (secondary N) is 1. The van der Waals surface area contributed by atoms with Crippen LogP contribution in [0.5, 0.6) is 0 Å². The van der Waals surface area contributed by atoms with Crippen LogP contribution >= 0.6 is 0 Å². The van der Waals surface area contributed by atoms with Gasteiger partial charge in [-0.05, 0) is 24.9 Å². The Labute approximate surface area is 142 Å². The van der Waals surface area contributed by atoms with Crippen molar-refractivity contribution >= 4 is 5.91 Å². The van der Waals surface area contributed by atoms with Gasteiger partial charge in [0.1, 0.15) is 6.10 Å². The van der Waals surface area contributed by atoms with Crippen molar-refractivity contribution in [2.24, 2.45) is 5.11 Å². The predicted molar refractivity (Wildman–Crippen MR) is 89.2 cm³/mol. The zero-order chi connectivity index (χ0) is 17.9. The lowest BCUT2D eigenvalue weighted by Gasteiger charge is -2.45. The smallest absolute Gasteiger partial charge is 0.217 e. The van der Waals surface area contributed by atoms with Gasteiger partial charge >= 0.3 is 0 Å². The van der Waals surface area contributed by atoms with Crippen LogP contribution < -0.4 is 5.32 Å². The van der Waals surface area contributed by atoms with Crippen molar-refractivity contribution in [1.29, 1.82) is 0 Å². The number of hydrogen-bond acceptors (Lipinski definition) is 6. The fraction of sp³-hybridized carbons (Fsp3) is 0.933. The van der Waals surface area contributed by atoms with Crippen molar-refractivity contribution in [3.8, 4) is 0 Å². The van der Waals surface area contributed by atoms with Gasteiger partial charge in [-0.3, -0.25) is 9.69 Å². The molecule has 4 N–H and O–H groups in total. The topological polar surface area (TPSA) is 142 Å². The molecule has 1 amide bonds. The van der Waals surface area contributed by atoms with Crippen LogP contribution in [0.2, 0.25) is 0 Å². The molecule has 1 aliphatic heterocycles. The normalized spacial score (nSPS) is 27.5. The van der Waals surface area contributed by atoms with Crippen LogP contribution in [-0.4, -0.2) is 76.7 Å². The second-order valence-electron chi connectivity index (χ2n) is 6.26. The van der Waals surface area contributed by atoms with Crippen LogP contribution in [-0.2, 0) is 4.79 Å². The summed E-state index contributed by atoms with van der Waals surface area (Å²) < 4.78 is 0. The molecule has 1 aliphatic rings. The predicted octanol–water partition coefficient (Wildman–Crippen LogP) is 0.150. The third-order valence-corrected chi connectivity index (χ3v) is 4.40. The number of aliphatic hydroxyl groups is 3.